The second-order valence-corrected chi connectivity index (χ2v) is 4.07. The average molecular weight is 256 g/mol. The number of hydrogen-bond acceptors (Lipinski definition) is 2. The van der Waals surface area contributed by atoms with Crippen LogP contribution in [0.15, 0.2) is 29.4 Å². The first-order valence-electron chi connectivity index (χ1n) is 5.36. The normalized spacial score (nSPS) is 16.1. The van der Waals surface area contributed by atoms with Gasteiger partial charge in [0.05, 0.1) is 12.1 Å². The molecule has 1 aliphatic rings. The van der Waals surface area contributed by atoms with Crippen molar-refractivity contribution < 1.29 is 18.0 Å². The van der Waals surface area contributed by atoms with Crippen LogP contribution >= 0.6 is 0 Å². The van der Waals surface area contributed by atoms with Crippen LogP contribution < -0.4 is 5.01 Å². The highest BCUT2D eigenvalue weighted by Gasteiger charge is 2.37. The zero-order chi connectivity index (χ0) is 13.3. The summed E-state index contributed by atoms with van der Waals surface area (Å²) in [6.07, 6.45) is 0.0928. The number of carbonyl (C=O) groups excluding carboxylic acids is 1. The Hall–Kier alpha value is -1.85. The SMILES string of the molecule is CC1=NN(c2ccccc2C(F)(F)CF)C(=O)C1. The molecule has 2 rings (SSSR count). The van der Waals surface area contributed by atoms with E-state index in [-0.39, 0.29) is 12.1 Å². The molecule has 1 aromatic carbocycles. The number of nitrogens with zero attached hydrogens (tertiary/aromatic N) is 2. The first kappa shape index (κ1) is 12.6. The molecule has 18 heavy (non-hydrogen) atoms. The van der Waals surface area contributed by atoms with Crippen LogP contribution in [0.3, 0.4) is 0 Å². The molecule has 0 aromatic heterocycles. The molecule has 1 heterocycles. The molecule has 3 nitrogen and oxygen atoms in total. The lowest BCUT2D eigenvalue weighted by Crippen LogP contribution is -2.25. The van der Waals surface area contributed by atoms with Crippen LogP contribution in [-0.2, 0) is 10.7 Å². The van der Waals surface area contributed by atoms with Crippen LogP contribution in [0.25, 0.3) is 0 Å². The van der Waals surface area contributed by atoms with Crippen LogP contribution in [0, 0.1) is 0 Å². The van der Waals surface area contributed by atoms with Crippen molar-refractivity contribution in [2.75, 3.05) is 11.7 Å². The summed E-state index contributed by atoms with van der Waals surface area (Å²) in [5.74, 6) is -4.02. The fraction of sp³-hybridized carbons (Fsp3) is 0.333. The van der Waals surface area contributed by atoms with Crippen molar-refractivity contribution >= 4 is 17.3 Å². The molecule has 0 radical (unpaired) electrons. The minimum atomic E-state index is -3.62. The highest BCUT2D eigenvalue weighted by atomic mass is 19.3. The molecule has 0 aliphatic carbocycles. The molecule has 0 spiro atoms. The highest BCUT2D eigenvalue weighted by Crippen LogP contribution is 2.36. The van der Waals surface area contributed by atoms with Crippen molar-refractivity contribution in [2.45, 2.75) is 19.3 Å². The van der Waals surface area contributed by atoms with E-state index < -0.39 is 24.1 Å². The lowest BCUT2D eigenvalue weighted by atomic mass is 10.1. The third-order valence-corrected chi connectivity index (χ3v) is 2.61. The lowest BCUT2D eigenvalue weighted by molar-refractivity contribution is -0.116. The van der Waals surface area contributed by atoms with Crippen LogP contribution in [0.5, 0.6) is 0 Å². The van der Waals surface area contributed by atoms with Crippen LogP contribution in [-0.4, -0.2) is 18.3 Å². The molecular weight excluding hydrogens is 245 g/mol. The first-order valence-corrected chi connectivity index (χ1v) is 5.36. The quantitative estimate of drug-likeness (QED) is 0.818. The van der Waals surface area contributed by atoms with Gasteiger partial charge in [0, 0.05) is 11.3 Å². The van der Waals surface area contributed by atoms with Gasteiger partial charge < -0.3 is 0 Å². The standard InChI is InChI=1S/C12H11F3N2O/c1-8-6-11(18)17(16-8)10-5-3-2-4-9(10)12(14,15)7-13/h2-5H,6-7H2,1H3. The summed E-state index contributed by atoms with van der Waals surface area (Å²) in [5.41, 5.74) is -0.0559. The maximum atomic E-state index is 13.5. The Morgan fingerprint density at radius 1 is 1.39 bits per heavy atom. The van der Waals surface area contributed by atoms with E-state index in [2.05, 4.69) is 5.10 Å². The molecule has 0 N–H and O–H groups in total. The summed E-state index contributed by atoms with van der Waals surface area (Å²) >= 11 is 0. The molecule has 0 saturated carbocycles. The Morgan fingerprint density at radius 2 is 2.06 bits per heavy atom. The molecule has 0 saturated heterocycles. The van der Waals surface area contributed by atoms with E-state index in [0.29, 0.717) is 5.71 Å². The fourth-order valence-electron chi connectivity index (χ4n) is 1.78. The Morgan fingerprint density at radius 3 is 2.61 bits per heavy atom. The van der Waals surface area contributed by atoms with Gasteiger partial charge in [-0.3, -0.25) is 4.79 Å². The summed E-state index contributed by atoms with van der Waals surface area (Å²) in [6, 6.07) is 5.31. The zero-order valence-electron chi connectivity index (χ0n) is 9.66. The van der Waals surface area contributed by atoms with Crippen molar-refractivity contribution in [3.8, 4) is 0 Å². The number of amides is 1. The van der Waals surface area contributed by atoms with Crippen LogP contribution in [0.4, 0.5) is 18.9 Å². The summed E-state index contributed by atoms with van der Waals surface area (Å²) in [6.45, 7) is -0.178. The zero-order valence-corrected chi connectivity index (χ0v) is 9.66. The van der Waals surface area contributed by atoms with Gasteiger partial charge in [-0.05, 0) is 13.0 Å². The number of rotatable bonds is 3. The summed E-state index contributed by atoms with van der Waals surface area (Å²) in [7, 11) is 0. The second kappa shape index (κ2) is 4.44. The minimum absolute atomic E-state index is 0.0676. The van der Waals surface area contributed by atoms with Gasteiger partial charge >= 0.3 is 5.92 Å². The van der Waals surface area contributed by atoms with Gasteiger partial charge in [0.2, 0.25) is 0 Å². The van der Waals surface area contributed by atoms with Gasteiger partial charge in [-0.2, -0.15) is 18.9 Å². The van der Waals surface area contributed by atoms with Gasteiger partial charge in [0.15, 0.2) is 6.67 Å². The van der Waals surface area contributed by atoms with E-state index in [4.69, 9.17) is 0 Å². The van der Waals surface area contributed by atoms with E-state index >= 15 is 0 Å². The number of hydrazone groups is 1. The molecule has 0 unspecified atom stereocenters. The number of carbonyl (C=O) groups is 1. The maximum Gasteiger partial charge on any atom is 0.303 e. The van der Waals surface area contributed by atoms with Crippen molar-refractivity contribution in [3.05, 3.63) is 29.8 Å². The monoisotopic (exact) mass is 256 g/mol. The third-order valence-electron chi connectivity index (χ3n) is 2.61. The number of alkyl halides is 3. The Labute approximate surface area is 102 Å². The average Bonchev–Trinajstić information content (AvgIpc) is 2.68. The van der Waals surface area contributed by atoms with Crippen molar-refractivity contribution in [3.63, 3.8) is 0 Å². The van der Waals surface area contributed by atoms with E-state index in [9.17, 15) is 18.0 Å². The van der Waals surface area contributed by atoms with Gasteiger partial charge in [0.25, 0.3) is 5.91 Å². The topological polar surface area (TPSA) is 32.7 Å². The second-order valence-electron chi connectivity index (χ2n) is 4.07. The third kappa shape index (κ3) is 2.10. The van der Waals surface area contributed by atoms with Gasteiger partial charge in [-0.25, -0.2) is 4.39 Å². The van der Waals surface area contributed by atoms with E-state index in [1.165, 1.54) is 18.2 Å². The Bertz CT molecular complexity index is 514. The molecular formula is C12H11F3N2O. The van der Waals surface area contributed by atoms with Gasteiger partial charge in [-0.15, -0.1) is 0 Å². The van der Waals surface area contributed by atoms with Crippen molar-refractivity contribution in [1.29, 1.82) is 0 Å². The lowest BCUT2D eigenvalue weighted by Gasteiger charge is -2.20. The van der Waals surface area contributed by atoms with E-state index in [1.807, 2.05) is 0 Å². The molecule has 0 bridgehead atoms. The Balaban J connectivity index is 2.49. The summed E-state index contributed by atoms with van der Waals surface area (Å²) < 4.78 is 39.3. The number of para-hydroxylation sites is 1. The Kier molecular flexibility index (Phi) is 3.11. The maximum absolute atomic E-state index is 13.5. The number of benzene rings is 1. The largest absolute Gasteiger partial charge is 0.303 e. The molecule has 0 atom stereocenters. The molecule has 6 heteroatoms. The smallest absolute Gasteiger partial charge is 0.272 e. The van der Waals surface area contributed by atoms with Crippen LogP contribution in [0.1, 0.15) is 18.9 Å². The fourth-order valence-corrected chi connectivity index (χ4v) is 1.78. The van der Waals surface area contributed by atoms with Crippen molar-refractivity contribution in [1.82, 2.24) is 0 Å². The molecule has 96 valence electrons. The molecule has 1 aromatic rings. The van der Waals surface area contributed by atoms with Gasteiger partial charge in [-0.1, -0.05) is 18.2 Å². The molecule has 0 fully saturated rings. The number of halogens is 3. The predicted octanol–water partition coefficient (Wildman–Crippen LogP) is 2.86. The van der Waals surface area contributed by atoms with E-state index in [1.54, 1.807) is 6.92 Å². The van der Waals surface area contributed by atoms with Crippen molar-refractivity contribution in [2.24, 2.45) is 5.10 Å². The summed E-state index contributed by atoms with van der Waals surface area (Å²) in [4.78, 5) is 11.6. The highest BCUT2D eigenvalue weighted by molar-refractivity contribution is 6.12. The predicted molar refractivity (Wildman–Crippen MR) is 61.5 cm³/mol. The van der Waals surface area contributed by atoms with E-state index in [0.717, 1.165) is 11.1 Å². The minimum Gasteiger partial charge on any atom is -0.272 e. The number of anilines is 1. The summed E-state index contributed by atoms with van der Waals surface area (Å²) in [5, 5.41) is 4.80. The first-order chi connectivity index (χ1) is 8.45. The molecule has 1 aliphatic heterocycles. The van der Waals surface area contributed by atoms with Crippen LogP contribution in [0.2, 0.25) is 0 Å². The molecule has 1 amide bonds. The number of hydrogen-bond donors (Lipinski definition) is 0. The van der Waals surface area contributed by atoms with Gasteiger partial charge in [0.1, 0.15) is 0 Å².